The van der Waals surface area contributed by atoms with Gasteiger partial charge in [-0.2, -0.15) is 0 Å². The average molecular weight is 327 g/mol. The van der Waals surface area contributed by atoms with Gasteiger partial charge in [0.2, 0.25) is 0 Å². The van der Waals surface area contributed by atoms with Gasteiger partial charge in [0.1, 0.15) is 0 Å². The monoisotopic (exact) mass is 327 g/mol. The molecule has 1 radical (unpaired) electrons. The van der Waals surface area contributed by atoms with Gasteiger partial charge in [0.25, 0.3) is 0 Å². The predicted octanol–water partition coefficient (Wildman–Crippen LogP) is 5.36. The molecule has 0 atom stereocenters. The molecule has 0 saturated carbocycles. The van der Waals surface area contributed by atoms with Crippen molar-refractivity contribution in [3.63, 3.8) is 0 Å². The molecule has 4 rings (SSSR count). The van der Waals surface area contributed by atoms with Gasteiger partial charge in [-0.05, 0) is 5.39 Å². The maximum atomic E-state index is 14.1. The summed E-state index contributed by atoms with van der Waals surface area (Å²) in [4.78, 5) is 0. The number of hydrogen-bond donors (Lipinski definition) is 0. The van der Waals surface area contributed by atoms with Crippen molar-refractivity contribution in [2.24, 2.45) is 0 Å². The van der Waals surface area contributed by atoms with Gasteiger partial charge in [0.05, 0.1) is 10.8 Å². The summed E-state index contributed by atoms with van der Waals surface area (Å²) in [5.41, 5.74) is 0. The van der Waals surface area contributed by atoms with E-state index in [0.717, 1.165) is 12.1 Å². The average Bonchev–Trinajstić information content (AvgIpc) is 2.52. The van der Waals surface area contributed by atoms with Crippen molar-refractivity contribution < 1.29 is 30.7 Å². The lowest BCUT2D eigenvalue weighted by atomic mass is 9.92. The third-order valence-corrected chi connectivity index (χ3v) is 3.84. The zero-order valence-electron chi connectivity index (χ0n) is 10.8. The predicted molar refractivity (Wildman–Crippen MR) is 68.7 cm³/mol. The summed E-state index contributed by atoms with van der Waals surface area (Å²) in [6, 6.07) is 3.92. The summed E-state index contributed by atoms with van der Waals surface area (Å²) in [5.74, 6) is -12.7. The molecule has 0 heterocycles. The van der Waals surface area contributed by atoms with E-state index in [-0.39, 0.29) is 5.39 Å². The minimum absolute atomic E-state index is 0.222. The number of rotatable bonds is 0. The second-order valence-electron chi connectivity index (χ2n) is 4.98. The minimum Gasteiger partial charge on any atom is -0.203 e. The Balaban J connectivity index is 2.53. The van der Waals surface area contributed by atoms with Crippen LogP contribution in [0.1, 0.15) is 0 Å². The Kier molecular flexibility index (Phi) is 2.59. The number of hydrogen-bond acceptors (Lipinski definition) is 0. The van der Waals surface area contributed by atoms with E-state index in [1.54, 1.807) is 0 Å². The van der Waals surface area contributed by atoms with Crippen molar-refractivity contribution >= 4 is 32.3 Å². The van der Waals surface area contributed by atoms with Crippen LogP contribution in [0, 0.1) is 46.8 Å². The van der Waals surface area contributed by atoms with Crippen molar-refractivity contribution in [2.75, 3.05) is 0 Å². The third-order valence-electron chi connectivity index (χ3n) is 3.84. The van der Waals surface area contributed by atoms with Crippen LogP contribution in [0.25, 0.3) is 32.3 Å². The second-order valence-corrected chi connectivity index (χ2v) is 4.98. The van der Waals surface area contributed by atoms with Gasteiger partial charge >= 0.3 is 0 Å². The van der Waals surface area contributed by atoms with Gasteiger partial charge in [-0.3, -0.25) is 0 Å². The minimum atomic E-state index is -1.98. The first-order chi connectivity index (χ1) is 10.8. The Morgan fingerprint density at radius 1 is 0.522 bits per heavy atom. The first kappa shape index (κ1) is 14.0. The molecule has 0 spiro atoms. The highest BCUT2D eigenvalue weighted by molar-refractivity contribution is 6.23. The molecule has 0 unspecified atom stereocenters. The molecule has 0 nitrogen and oxygen atoms in total. The molecule has 0 aliphatic rings. The molecular weight excluding hydrogens is 325 g/mol. The highest BCUT2D eigenvalue weighted by Gasteiger charge is 2.28. The summed E-state index contributed by atoms with van der Waals surface area (Å²) in [6.45, 7) is 0. The lowest BCUT2D eigenvalue weighted by Crippen LogP contribution is -2.03. The molecule has 0 fully saturated rings. The van der Waals surface area contributed by atoms with E-state index in [4.69, 9.17) is 0 Å². The molecule has 0 bridgehead atoms. The molecule has 0 amide bonds. The molecule has 0 aliphatic heterocycles. The molecule has 23 heavy (non-hydrogen) atoms. The van der Waals surface area contributed by atoms with Crippen molar-refractivity contribution in [2.45, 2.75) is 0 Å². The molecular formula is C16H2F7. The fourth-order valence-corrected chi connectivity index (χ4v) is 2.87. The Morgan fingerprint density at radius 3 is 1.74 bits per heavy atom. The molecule has 0 aromatic heterocycles. The van der Waals surface area contributed by atoms with Gasteiger partial charge < -0.3 is 0 Å². The topological polar surface area (TPSA) is 0 Å². The SMILES string of the molecule is Fc1[c]c2ccc3c(F)c(F)c(F)c4c(F)c(F)c(c1F)c2c34. The summed E-state index contributed by atoms with van der Waals surface area (Å²) in [7, 11) is 0. The third kappa shape index (κ3) is 1.51. The summed E-state index contributed by atoms with van der Waals surface area (Å²) in [5, 5.41) is -4.09. The summed E-state index contributed by atoms with van der Waals surface area (Å²) < 4.78 is 97.0. The van der Waals surface area contributed by atoms with E-state index >= 15 is 0 Å². The van der Waals surface area contributed by atoms with Gasteiger partial charge in [-0.1, -0.05) is 12.1 Å². The maximum absolute atomic E-state index is 14.1. The number of halogens is 7. The van der Waals surface area contributed by atoms with Crippen LogP contribution in [0.4, 0.5) is 30.7 Å². The van der Waals surface area contributed by atoms with E-state index < -0.39 is 67.7 Å². The lowest BCUT2D eigenvalue weighted by Gasteiger charge is -2.15. The Labute approximate surface area is 123 Å². The fraction of sp³-hybridized carbons (Fsp3) is 0. The zero-order chi connectivity index (χ0) is 16.6. The van der Waals surface area contributed by atoms with E-state index in [2.05, 4.69) is 0 Å². The van der Waals surface area contributed by atoms with Crippen LogP contribution in [0.3, 0.4) is 0 Å². The van der Waals surface area contributed by atoms with E-state index in [0.29, 0.717) is 0 Å². The Hall–Kier alpha value is -2.57. The van der Waals surface area contributed by atoms with Crippen LogP contribution in [-0.2, 0) is 0 Å². The van der Waals surface area contributed by atoms with Crippen molar-refractivity contribution in [3.05, 3.63) is 58.9 Å². The largest absolute Gasteiger partial charge is 0.203 e. The summed E-state index contributed by atoms with van der Waals surface area (Å²) in [6.07, 6.45) is 0. The molecule has 0 aliphatic carbocycles. The highest BCUT2D eigenvalue weighted by Crippen LogP contribution is 2.42. The Morgan fingerprint density at radius 2 is 1.09 bits per heavy atom. The molecule has 0 saturated heterocycles. The van der Waals surface area contributed by atoms with Gasteiger partial charge in [-0.25, -0.2) is 30.7 Å². The van der Waals surface area contributed by atoms with E-state index in [1.807, 2.05) is 6.07 Å². The molecule has 4 aromatic carbocycles. The first-order valence-electron chi connectivity index (χ1n) is 6.23. The Bertz CT molecular complexity index is 1130. The van der Waals surface area contributed by atoms with Crippen LogP contribution in [0.15, 0.2) is 12.1 Å². The quantitative estimate of drug-likeness (QED) is 0.232. The van der Waals surface area contributed by atoms with E-state index in [1.165, 1.54) is 0 Å². The molecule has 115 valence electrons. The van der Waals surface area contributed by atoms with Crippen molar-refractivity contribution in [1.29, 1.82) is 0 Å². The maximum Gasteiger partial charge on any atom is 0.195 e. The lowest BCUT2D eigenvalue weighted by molar-refractivity contribution is 0.452. The first-order valence-corrected chi connectivity index (χ1v) is 6.23. The second kappa shape index (κ2) is 4.24. The van der Waals surface area contributed by atoms with Crippen molar-refractivity contribution in [1.82, 2.24) is 0 Å². The highest BCUT2D eigenvalue weighted by atomic mass is 19.2. The van der Waals surface area contributed by atoms with Crippen LogP contribution in [0.5, 0.6) is 0 Å². The number of benzene rings is 4. The van der Waals surface area contributed by atoms with Crippen LogP contribution < -0.4 is 0 Å². The zero-order valence-corrected chi connectivity index (χ0v) is 10.8. The van der Waals surface area contributed by atoms with Gasteiger partial charge in [-0.15, -0.1) is 0 Å². The molecule has 7 heteroatoms. The van der Waals surface area contributed by atoms with Crippen LogP contribution in [0.2, 0.25) is 0 Å². The normalized spacial score (nSPS) is 12.1. The smallest absolute Gasteiger partial charge is 0.195 e. The van der Waals surface area contributed by atoms with Crippen LogP contribution >= 0.6 is 0 Å². The summed E-state index contributed by atoms with van der Waals surface area (Å²) >= 11 is 0. The molecule has 0 N–H and O–H groups in total. The van der Waals surface area contributed by atoms with Gasteiger partial charge in [0.15, 0.2) is 40.7 Å². The standard InChI is InChI=1S/C16H2F7/c17-6-3-4-1-2-5-8-7(4)9(12(6)19)13(20)14(21)10(8)15(22)16(23)11(5)18/h1-2H. The van der Waals surface area contributed by atoms with Gasteiger partial charge in [0, 0.05) is 22.2 Å². The van der Waals surface area contributed by atoms with E-state index in [9.17, 15) is 30.7 Å². The molecule has 4 aromatic rings. The van der Waals surface area contributed by atoms with Crippen LogP contribution in [-0.4, -0.2) is 0 Å². The van der Waals surface area contributed by atoms with Crippen molar-refractivity contribution in [3.8, 4) is 0 Å². The fourth-order valence-electron chi connectivity index (χ4n) is 2.87.